The van der Waals surface area contributed by atoms with E-state index in [2.05, 4.69) is 85.5 Å². The molecule has 11 heteroatoms. The fourth-order valence-electron chi connectivity index (χ4n) is 9.09. The molecule has 0 N–H and O–H groups in total. The molecule has 0 unspecified atom stereocenters. The molecule has 0 saturated carbocycles. The maximum Gasteiger partial charge on any atom is 0.334 e. The van der Waals surface area contributed by atoms with Crippen LogP contribution in [-0.4, -0.2) is 82.0 Å². The van der Waals surface area contributed by atoms with Crippen molar-refractivity contribution in [1.29, 1.82) is 0 Å². The number of unbranched alkanes of at least 4 members (excludes halogenated alkanes) is 15. The van der Waals surface area contributed by atoms with Gasteiger partial charge in [0.05, 0.1) is 24.4 Å². The summed E-state index contributed by atoms with van der Waals surface area (Å²) in [5.74, 6) is -0.161. The van der Waals surface area contributed by atoms with E-state index in [1.165, 1.54) is 103 Å². The van der Waals surface area contributed by atoms with E-state index in [1.807, 2.05) is 13.0 Å². The summed E-state index contributed by atoms with van der Waals surface area (Å²) in [6.45, 7) is 31.9. The number of hydrogen-bond donors (Lipinski definition) is 0. The Morgan fingerprint density at radius 3 is 1.32 bits per heavy atom. The second-order valence-corrected chi connectivity index (χ2v) is 40.5. The Hall–Kier alpha value is -0.122. The molecule has 0 aromatic carbocycles. The van der Waals surface area contributed by atoms with E-state index in [-0.39, 0.29) is 42.6 Å². The first kappa shape index (κ1) is 56.0. The molecule has 2 heterocycles. The lowest BCUT2D eigenvalue weighted by Gasteiger charge is -2.34. The monoisotopic (exact) mass is 913 g/mol. The predicted octanol–water partition coefficient (Wildman–Crippen LogP) is 15.3. The van der Waals surface area contributed by atoms with E-state index in [1.54, 1.807) is 0 Å². The third kappa shape index (κ3) is 27.9. The minimum atomic E-state index is -1.79. The van der Waals surface area contributed by atoms with Gasteiger partial charge in [0.25, 0.3) is 0 Å². The van der Waals surface area contributed by atoms with E-state index in [4.69, 9.17) is 27.2 Å². The van der Waals surface area contributed by atoms with Crippen LogP contribution in [0.2, 0.25) is 78.6 Å². The highest BCUT2D eigenvalue weighted by molar-refractivity contribution is 6.70. The van der Waals surface area contributed by atoms with Crippen LogP contribution in [0.15, 0.2) is 11.6 Å². The van der Waals surface area contributed by atoms with Gasteiger partial charge in [0.2, 0.25) is 0 Å². The molecule has 1 fully saturated rings. The average Bonchev–Trinajstić information content (AvgIpc) is 3.72. The van der Waals surface area contributed by atoms with Crippen LogP contribution in [0.3, 0.4) is 0 Å². The Morgan fingerprint density at radius 1 is 0.517 bits per heavy atom. The summed E-state index contributed by atoms with van der Waals surface area (Å²) in [6, 6.07) is 0. The molecule has 1 saturated heterocycles. The van der Waals surface area contributed by atoms with Crippen LogP contribution in [0.5, 0.6) is 0 Å². The highest BCUT2D eigenvalue weighted by Crippen LogP contribution is 2.34. The van der Waals surface area contributed by atoms with Crippen molar-refractivity contribution < 1.29 is 32.0 Å². The third-order valence-corrected chi connectivity index (χ3v) is 15.7. The molecular formula is C49H100O7Si4. The molecular weight excluding hydrogens is 813 g/mol. The zero-order chi connectivity index (χ0) is 44.8. The molecule has 0 aromatic rings. The van der Waals surface area contributed by atoms with Crippen molar-refractivity contribution in [2.45, 2.75) is 296 Å². The smallest absolute Gasteiger partial charge is 0.334 e. The number of rotatable bonds is 36. The molecule has 0 amide bonds. The zero-order valence-corrected chi connectivity index (χ0v) is 46.2. The van der Waals surface area contributed by atoms with Gasteiger partial charge >= 0.3 is 5.97 Å². The minimum absolute atomic E-state index is 0.113. The Bertz CT molecular complexity index is 1170. The van der Waals surface area contributed by atoms with E-state index in [0.717, 1.165) is 56.9 Å². The van der Waals surface area contributed by atoms with E-state index in [9.17, 15) is 4.79 Å². The normalized spacial score (nSPS) is 21.3. The third-order valence-electron chi connectivity index (χ3n) is 11.6. The number of hydrogen-bond acceptors (Lipinski definition) is 7. The number of esters is 1. The van der Waals surface area contributed by atoms with Gasteiger partial charge in [-0.05, 0) is 137 Å². The molecule has 0 aliphatic carbocycles. The quantitative estimate of drug-likeness (QED) is 0.0352. The Balaban J connectivity index is 1.84. The van der Waals surface area contributed by atoms with Gasteiger partial charge in [0, 0.05) is 24.2 Å². The van der Waals surface area contributed by atoms with Crippen molar-refractivity contribution in [3.8, 4) is 0 Å². The molecule has 0 radical (unpaired) electrons. The second kappa shape index (κ2) is 28.7. The maximum atomic E-state index is 12.3. The van der Waals surface area contributed by atoms with Gasteiger partial charge in [0.1, 0.15) is 6.10 Å². The summed E-state index contributed by atoms with van der Waals surface area (Å²) in [5.41, 5.74) is 0.799. The second-order valence-electron chi connectivity index (χ2n) is 22.6. The molecule has 0 spiro atoms. The summed E-state index contributed by atoms with van der Waals surface area (Å²) >= 11 is 0. The molecule has 0 bridgehead atoms. The van der Waals surface area contributed by atoms with Gasteiger partial charge in [-0.1, -0.05) is 116 Å². The van der Waals surface area contributed by atoms with Crippen molar-refractivity contribution >= 4 is 39.2 Å². The van der Waals surface area contributed by atoms with Gasteiger partial charge in [0.15, 0.2) is 33.3 Å². The fraction of sp³-hybridized carbons (Fsp3) is 0.939. The zero-order valence-electron chi connectivity index (χ0n) is 42.2. The summed E-state index contributed by atoms with van der Waals surface area (Å²) in [7, 11) is -6.90. The molecule has 2 rings (SSSR count). The van der Waals surface area contributed by atoms with Crippen LogP contribution in [0.1, 0.15) is 174 Å². The molecule has 0 aromatic heterocycles. The van der Waals surface area contributed by atoms with Crippen molar-refractivity contribution in [3.63, 3.8) is 0 Å². The van der Waals surface area contributed by atoms with Crippen LogP contribution in [0.25, 0.3) is 0 Å². The topological polar surface area (TPSA) is 72.5 Å². The van der Waals surface area contributed by atoms with Crippen LogP contribution < -0.4 is 0 Å². The summed E-state index contributed by atoms with van der Waals surface area (Å²) in [4.78, 5) is 12.3. The summed E-state index contributed by atoms with van der Waals surface area (Å²) < 4.78 is 39.6. The largest absolute Gasteiger partial charge is 0.455 e. The van der Waals surface area contributed by atoms with Gasteiger partial charge in [-0.15, -0.1) is 0 Å². The van der Waals surface area contributed by atoms with Crippen LogP contribution >= 0.6 is 0 Å². The first-order valence-electron chi connectivity index (χ1n) is 25.3. The first-order chi connectivity index (χ1) is 28.0. The lowest BCUT2D eigenvalue weighted by molar-refractivity contribution is -0.139. The SMILES string of the molecule is CCCCCCCCCCCC[C@H](O[Si](C)(C)C)[C@H]1CC[C@H]([C@@H](CC[C@@H](CCCCCCCCC[C@H](CC2=C[C@H](C)OC2=O)O[Si](C)(C)C)O[Si](C)(C)C)O[Si](C)(C)C)O1. The standard InChI is InChI=1S/C49H100O7Si4/c1-15-16-17-18-19-20-21-25-28-31-34-47(55-59(9,10)11)45-37-38-46(52-45)48(56-60(12,13)14)36-35-43(53-57(3,4)5)32-29-26-23-22-24-27-30-33-44(54-58(6,7)8)40-42-39-41(2)51-49(42)50/h39,41,43-48H,15-38,40H2,1-14H3/t41-,43+,44+,45+,46+,47-,48+/m0/s1. The van der Waals surface area contributed by atoms with Crippen LogP contribution in [0.4, 0.5) is 0 Å². The number of ether oxygens (including phenoxy) is 2. The molecule has 60 heavy (non-hydrogen) atoms. The highest BCUT2D eigenvalue weighted by Gasteiger charge is 2.40. The number of carbonyl (C=O) groups is 1. The Morgan fingerprint density at radius 2 is 0.900 bits per heavy atom. The predicted molar refractivity (Wildman–Crippen MR) is 266 cm³/mol. The van der Waals surface area contributed by atoms with Gasteiger partial charge < -0.3 is 27.2 Å². The van der Waals surface area contributed by atoms with Crippen molar-refractivity contribution in [3.05, 3.63) is 11.6 Å². The Labute approximate surface area is 376 Å². The number of cyclic esters (lactones) is 1. The molecule has 2 aliphatic rings. The molecule has 7 nitrogen and oxygen atoms in total. The van der Waals surface area contributed by atoms with Gasteiger partial charge in [-0.2, -0.15) is 0 Å². The van der Waals surface area contributed by atoms with Gasteiger partial charge in [-0.25, -0.2) is 4.79 Å². The summed E-state index contributed by atoms with van der Waals surface area (Å²) in [6.07, 6.45) is 33.4. The van der Waals surface area contributed by atoms with E-state index < -0.39 is 33.3 Å². The lowest BCUT2D eigenvalue weighted by atomic mass is 9.98. The van der Waals surface area contributed by atoms with Crippen molar-refractivity contribution in [2.75, 3.05) is 0 Å². The Kier molecular flexibility index (Phi) is 26.8. The van der Waals surface area contributed by atoms with Crippen molar-refractivity contribution in [1.82, 2.24) is 0 Å². The van der Waals surface area contributed by atoms with Crippen LogP contribution in [0, 0.1) is 0 Å². The highest BCUT2D eigenvalue weighted by atomic mass is 28.4. The molecule has 2 aliphatic heterocycles. The van der Waals surface area contributed by atoms with Gasteiger partial charge in [-0.3, -0.25) is 0 Å². The fourth-order valence-corrected chi connectivity index (χ4v) is 13.9. The summed E-state index contributed by atoms with van der Waals surface area (Å²) in [5, 5.41) is 0. The molecule has 7 atom stereocenters. The van der Waals surface area contributed by atoms with Crippen molar-refractivity contribution in [2.24, 2.45) is 0 Å². The van der Waals surface area contributed by atoms with E-state index >= 15 is 0 Å². The maximum absolute atomic E-state index is 12.3. The molecule has 354 valence electrons. The van der Waals surface area contributed by atoms with E-state index in [0.29, 0.717) is 12.5 Å². The number of carbonyl (C=O) groups excluding carboxylic acids is 1. The minimum Gasteiger partial charge on any atom is -0.455 e. The van der Waals surface area contributed by atoms with Crippen LogP contribution in [-0.2, 0) is 32.0 Å². The lowest BCUT2D eigenvalue weighted by Crippen LogP contribution is -2.42. The average molecular weight is 914 g/mol. The first-order valence-corrected chi connectivity index (χ1v) is 39.0.